The summed E-state index contributed by atoms with van der Waals surface area (Å²) >= 11 is 0. The molecular weight excluding hydrogens is 572 g/mol. The van der Waals surface area contributed by atoms with E-state index >= 15 is 0 Å². The van der Waals surface area contributed by atoms with Crippen LogP contribution >= 0.6 is 0 Å². The monoisotopic (exact) mass is 620 g/mol. The second kappa shape index (κ2) is 12.5. The Morgan fingerprint density at radius 3 is 2.48 bits per heavy atom. The predicted molar refractivity (Wildman–Crippen MR) is 174 cm³/mol. The van der Waals surface area contributed by atoms with Crippen LogP contribution in [0.3, 0.4) is 0 Å². The zero-order valence-electron chi connectivity index (χ0n) is 27.8. The highest BCUT2D eigenvalue weighted by molar-refractivity contribution is 6.76. The van der Waals surface area contributed by atoms with Gasteiger partial charge in [0.2, 0.25) is 0 Å². The number of aryl methyl sites for hydroxylation is 1. The molecule has 0 bridgehead atoms. The molecule has 1 fully saturated rings. The number of amides is 1. The maximum Gasteiger partial charge on any atom is 0.410 e. The molecule has 12 heteroatoms. The van der Waals surface area contributed by atoms with Crippen LogP contribution in [-0.4, -0.2) is 78.5 Å². The van der Waals surface area contributed by atoms with E-state index in [9.17, 15) is 4.79 Å². The number of hydrogen-bond donors (Lipinski definition) is 0. The van der Waals surface area contributed by atoms with Gasteiger partial charge in [0.1, 0.15) is 18.7 Å². The molecule has 1 amide bonds. The Kier molecular flexibility index (Phi) is 9.04. The van der Waals surface area contributed by atoms with E-state index in [1.54, 1.807) is 11.2 Å². The van der Waals surface area contributed by atoms with Crippen molar-refractivity contribution in [2.24, 2.45) is 0 Å². The normalized spacial score (nSPS) is 15.1. The Morgan fingerprint density at radius 1 is 1.09 bits per heavy atom. The van der Waals surface area contributed by atoms with Crippen LogP contribution in [0.5, 0.6) is 0 Å². The number of likely N-dealkylation sites (tertiary alicyclic amines) is 1. The highest BCUT2D eigenvalue weighted by Gasteiger charge is 2.29. The lowest BCUT2D eigenvalue weighted by atomic mass is 9.94. The number of nitrogens with zero attached hydrogens (tertiary/aromatic N) is 8. The minimum Gasteiger partial charge on any atom is -0.444 e. The maximum atomic E-state index is 12.6. The average Bonchev–Trinajstić information content (AvgIpc) is 3.68. The lowest BCUT2D eigenvalue weighted by Gasteiger charge is -2.33. The summed E-state index contributed by atoms with van der Waals surface area (Å²) in [6, 6.07) is 3.46. The molecule has 1 aliphatic heterocycles. The molecule has 0 aromatic carbocycles. The molecule has 44 heavy (non-hydrogen) atoms. The van der Waals surface area contributed by atoms with Crippen LogP contribution in [0.15, 0.2) is 31.0 Å². The molecule has 0 radical (unpaired) electrons. The van der Waals surface area contributed by atoms with Crippen molar-refractivity contribution in [1.82, 2.24) is 39.1 Å². The van der Waals surface area contributed by atoms with Gasteiger partial charge in [0.05, 0.1) is 23.6 Å². The van der Waals surface area contributed by atoms with Crippen molar-refractivity contribution >= 4 is 19.8 Å². The maximum absolute atomic E-state index is 12.6. The standard InChI is InChI=1S/C32H48N8O3Si/c1-22(2)27-28(25-17-34-38(19-25)26-10-12-37(13-11-26)31(41)43-32(4,5)6)36-40(21-42-14-15-44(7,8)9)29(27)24-16-23(3)30-33-20-35-39(30)18-24/h16-20,22,26H,10-15,21H2,1-9H3. The van der Waals surface area contributed by atoms with Crippen molar-refractivity contribution in [3.63, 3.8) is 0 Å². The zero-order valence-corrected chi connectivity index (χ0v) is 28.8. The lowest BCUT2D eigenvalue weighted by molar-refractivity contribution is 0.0184. The molecule has 4 aromatic heterocycles. The minimum atomic E-state index is -1.23. The van der Waals surface area contributed by atoms with E-state index in [1.165, 1.54) is 0 Å². The summed E-state index contributed by atoms with van der Waals surface area (Å²) in [7, 11) is -1.23. The molecule has 0 spiro atoms. The number of aromatic nitrogens is 7. The van der Waals surface area contributed by atoms with Gasteiger partial charge >= 0.3 is 6.09 Å². The largest absolute Gasteiger partial charge is 0.444 e. The third-order valence-electron chi connectivity index (χ3n) is 7.97. The molecule has 5 rings (SSSR count). The van der Waals surface area contributed by atoms with Crippen molar-refractivity contribution in [2.75, 3.05) is 19.7 Å². The van der Waals surface area contributed by atoms with Crippen molar-refractivity contribution in [2.45, 2.75) is 104 Å². The highest BCUT2D eigenvalue weighted by Crippen LogP contribution is 2.38. The smallest absolute Gasteiger partial charge is 0.410 e. The Labute approximate surface area is 261 Å². The van der Waals surface area contributed by atoms with Gasteiger partial charge in [-0.1, -0.05) is 33.5 Å². The van der Waals surface area contributed by atoms with E-state index in [2.05, 4.69) is 62.8 Å². The second-order valence-corrected chi connectivity index (χ2v) is 20.1. The minimum absolute atomic E-state index is 0.197. The number of pyridine rings is 1. The quantitative estimate of drug-likeness (QED) is 0.150. The van der Waals surface area contributed by atoms with E-state index in [4.69, 9.17) is 19.7 Å². The number of carbonyl (C=O) groups excluding carboxylic acids is 1. The number of hydrogen-bond acceptors (Lipinski definition) is 7. The SMILES string of the molecule is Cc1cc(-c2c(C(C)C)c(-c3cnn(C4CCN(C(=O)OC(C)(C)C)CC4)c3)nn2COCC[Si](C)(C)C)cn2ncnc12. The summed E-state index contributed by atoms with van der Waals surface area (Å²) in [5.41, 5.74) is 6.49. The molecule has 11 nitrogen and oxygen atoms in total. The first-order valence-corrected chi connectivity index (χ1v) is 19.4. The fraction of sp³-hybridized carbons (Fsp3) is 0.594. The van der Waals surface area contributed by atoms with Crippen LogP contribution in [-0.2, 0) is 16.2 Å². The molecular formula is C32H48N8O3Si. The summed E-state index contributed by atoms with van der Waals surface area (Å²) in [5.74, 6) is 0.197. The Bertz CT molecular complexity index is 1600. The van der Waals surface area contributed by atoms with Gasteiger partial charge in [0.15, 0.2) is 5.65 Å². The summed E-state index contributed by atoms with van der Waals surface area (Å²) in [5, 5.41) is 14.4. The number of piperidine rings is 1. The third-order valence-corrected chi connectivity index (χ3v) is 9.68. The molecule has 238 valence electrons. The zero-order chi connectivity index (χ0) is 31.8. The number of rotatable bonds is 9. The number of carbonyl (C=O) groups is 1. The first-order valence-electron chi connectivity index (χ1n) is 15.7. The van der Waals surface area contributed by atoms with E-state index in [0.29, 0.717) is 26.4 Å². The first-order chi connectivity index (χ1) is 20.7. The Hall–Kier alpha value is -3.51. The van der Waals surface area contributed by atoms with E-state index in [1.807, 2.05) is 47.0 Å². The number of ether oxygens (including phenoxy) is 2. The second-order valence-electron chi connectivity index (χ2n) is 14.5. The topological polar surface area (TPSA) is 105 Å². The average molecular weight is 621 g/mol. The molecule has 0 atom stereocenters. The molecule has 5 heterocycles. The predicted octanol–water partition coefficient (Wildman–Crippen LogP) is 6.77. The van der Waals surface area contributed by atoms with Crippen molar-refractivity contribution < 1.29 is 14.3 Å². The summed E-state index contributed by atoms with van der Waals surface area (Å²) in [6.45, 7) is 21.6. The van der Waals surface area contributed by atoms with Crippen LogP contribution in [0.4, 0.5) is 4.79 Å². The number of fused-ring (bicyclic) bond motifs is 1. The molecule has 0 saturated carbocycles. The fourth-order valence-corrected chi connectivity index (χ4v) is 6.44. The first kappa shape index (κ1) is 31.9. The van der Waals surface area contributed by atoms with Crippen LogP contribution in [0.25, 0.3) is 28.2 Å². The Balaban J connectivity index is 1.45. The van der Waals surface area contributed by atoms with Gasteiger partial charge in [-0.3, -0.25) is 4.68 Å². The highest BCUT2D eigenvalue weighted by atomic mass is 28.3. The fourth-order valence-electron chi connectivity index (χ4n) is 5.69. The molecule has 1 saturated heterocycles. The molecule has 4 aromatic rings. The summed E-state index contributed by atoms with van der Waals surface area (Å²) in [4.78, 5) is 18.8. The van der Waals surface area contributed by atoms with Crippen LogP contribution < -0.4 is 0 Å². The van der Waals surface area contributed by atoms with Crippen LogP contribution in [0.2, 0.25) is 25.7 Å². The van der Waals surface area contributed by atoms with Gasteiger partial charge in [0, 0.05) is 56.9 Å². The van der Waals surface area contributed by atoms with Crippen LogP contribution in [0.1, 0.15) is 70.5 Å². The van der Waals surface area contributed by atoms with Crippen molar-refractivity contribution in [1.29, 1.82) is 0 Å². The van der Waals surface area contributed by atoms with Gasteiger partial charge in [-0.15, -0.1) is 0 Å². The van der Waals surface area contributed by atoms with Gasteiger partial charge in [-0.05, 0) is 64.1 Å². The lowest BCUT2D eigenvalue weighted by Crippen LogP contribution is -2.42. The van der Waals surface area contributed by atoms with Crippen molar-refractivity contribution in [3.8, 4) is 22.5 Å². The summed E-state index contributed by atoms with van der Waals surface area (Å²) in [6.07, 6.45) is 9.03. The van der Waals surface area contributed by atoms with E-state index < -0.39 is 13.7 Å². The molecule has 0 N–H and O–H groups in total. The van der Waals surface area contributed by atoms with E-state index in [0.717, 1.165) is 58.2 Å². The third kappa shape index (κ3) is 7.23. The molecule has 1 aliphatic rings. The van der Waals surface area contributed by atoms with Gasteiger partial charge < -0.3 is 14.4 Å². The Morgan fingerprint density at radius 2 is 1.82 bits per heavy atom. The molecule has 0 aliphatic carbocycles. The van der Waals surface area contributed by atoms with E-state index in [-0.39, 0.29) is 18.1 Å². The van der Waals surface area contributed by atoms with Crippen molar-refractivity contribution in [3.05, 3.63) is 42.1 Å². The van der Waals surface area contributed by atoms with Gasteiger partial charge in [-0.25, -0.2) is 19.0 Å². The van der Waals surface area contributed by atoms with Crippen LogP contribution in [0, 0.1) is 6.92 Å². The van der Waals surface area contributed by atoms with Gasteiger partial charge in [-0.2, -0.15) is 15.3 Å². The molecule has 0 unspecified atom stereocenters. The van der Waals surface area contributed by atoms with Gasteiger partial charge in [0.25, 0.3) is 0 Å². The summed E-state index contributed by atoms with van der Waals surface area (Å²) < 4.78 is 17.7.